The van der Waals surface area contributed by atoms with Gasteiger partial charge in [0.2, 0.25) is 0 Å². The molecule has 0 saturated heterocycles. The van der Waals surface area contributed by atoms with E-state index in [0.717, 1.165) is 11.1 Å². The molecule has 0 unspecified atom stereocenters. The topological polar surface area (TPSA) is 87.0 Å². The van der Waals surface area contributed by atoms with Crippen LogP contribution >= 0.6 is 11.3 Å². The van der Waals surface area contributed by atoms with Crippen molar-refractivity contribution in [3.63, 3.8) is 0 Å². The molecular weight excluding hydrogens is 440 g/mol. The van der Waals surface area contributed by atoms with Gasteiger partial charge in [-0.3, -0.25) is 9.36 Å². The number of nitrogens with zero attached hydrogens (tertiary/aromatic N) is 2. The van der Waals surface area contributed by atoms with Gasteiger partial charge in [-0.2, -0.15) is 0 Å². The Morgan fingerprint density at radius 2 is 1.79 bits per heavy atom. The van der Waals surface area contributed by atoms with Gasteiger partial charge in [0.15, 0.2) is 4.80 Å². The molecule has 1 aliphatic rings. The minimum Gasteiger partial charge on any atom is -0.465 e. The largest absolute Gasteiger partial charge is 0.465 e. The highest BCUT2D eigenvalue weighted by Crippen LogP contribution is 2.30. The molecule has 0 spiro atoms. The summed E-state index contributed by atoms with van der Waals surface area (Å²) in [5.41, 5.74) is 2.60. The first-order valence-corrected chi connectivity index (χ1v) is 11.2. The van der Waals surface area contributed by atoms with Gasteiger partial charge in [0.1, 0.15) is 0 Å². The minimum atomic E-state index is -0.634. The highest BCUT2D eigenvalue weighted by atomic mass is 32.1. The summed E-state index contributed by atoms with van der Waals surface area (Å²) >= 11 is 1.25. The van der Waals surface area contributed by atoms with Crippen molar-refractivity contribution in [3.8, 4) is 0 Å². The number of allylic oxidation sites excluding steroid dienone is 1. The molecule has 0 radical (unpaired) electrons. The fourth-order valence-electron chi connectivity index (χ4n) is 3.73. The fourth-order valence-corrected chi connectivity index (χ4v) is 4.77. The molecule has 0 amide bonds. The van der Waals surface area contributed by atoms with Gasteiger partial charge in [-0.1, -0.05) is 53.8 Å². The van der Waals surface area contributed by atoms with Gasteiger partial charge in [0.25, 0.3) is 5.56 Å². The average molecular weight is 463 g/mol. The third-order valence-corrected chi connectivity index (χ3v) is 6.24. The maximum Gasteiger partial charge on any atom is 0.338 e. The number of fused-ring (bicyclic) bond motifs is 1. The Hall–Kier alpha value is -3.78. The van der Waals surface area contributed by atoms with Crippen molar-refractivity contribution in [3.05, 3.63) is 102 Å². The Bertz CT molecular complexity index is 1420. The number of benzene rings is 2. The predicted molar refractivity (Wildman–Crippen MR) is 125 cm³/mol. The zero-order valence-corrected chi connectivity index (χ0v) is 19.2. The van der Waals surface area contributed by atoms with Crippen molar-refractivity contribution in [1.29, 1.82) is 0 Å². The van der Waals surface area contributed by atoms with Crippen molar-refractivity contribution in [2.75, 3.05) is 13.7 Å². The lowest BCUT2D eigenvalue weighted by Gasteiger charge is -2.24. The molecule has 1 aliphatic heterocycles. The quantitative estimate of drug-likeness (QED) is 0.544. The zero-order chi connectivity index (χ0) is 23.5. The summed E-state index contributed by atoms with van der Waals surface area (Å²) in [5.74, 6) is -0.911. The predicted octanol–water partition coefficient (Wildman–Crippen LogP) is 2.58. The molecule has 4 rings (SSSR count). The molecule has 33 heavy (non-hydrogen) atoms. The monoisotopic (exact) mass is 462 g/mol. The summed E-state index contributed by atoms with van der Waals surface area (Å²) in [6.45, 7) is 3.72. The molecule has 1 aromatic heterocycles. The number of carbonyl (C=O) groups is 2. The van der Waals surface area contributed by atoms with Crippen molar-refractivity contribution < 1.29 is 19.1 Å². The highest BCUT2D eigenvalue weighted by Gasteiger charge is 2.33. The van der Waals surface area contributed by atoms with Crippen LogP contribution in [0.4, 0.5) is 0 Å². The van der Waals surface area contributed by atoms with Crippen molar-refractivity contribution in [1.82, 2.24) is 4.57 Å². The molecule has 0 N–H and O–H groups in total. The first kappa shape index (κ1) is 22.4. The molecule has 3 aromatic rings. The van der Waals surface area contributed by atoms with Gasteiger partial charge in [-0.15, -0.1) is 0 Å². The minimum absolute atomic E-state index is 0.225. The van der Waals surface area contributed by atoms with Crippen molar-refractivity contribution in [2.24, 2.45) is 4.99 Å². The zero-order valence-electron chi connectivity index (χ0n) is 18.4. The SMILES string of the molecule is CCOC(=O)C1=C(C)N=c2s/c(=C\c3ccc(C(=O)OC)cc3)c(=O)n2[C@@H]1c1ccccc1. The fraction of sp³-hybridized carbons (Fsp3) is 0.200. The Labute approximate surface area is 193 Å². The third kappa shape index (κ3) is 4.29. The van der Waals surface area contributed by atoms with Crippen LogP contribution in [-0.4, -0.2) is 30.2 Å². The van der Waals surface area contributed by atoms with Gasteiger partial charge >= 0.3 is 11.9 Å². The van der Waals surface area contributed by atoms with E-state index in [-0.39, 0.29) is 12.2 Å². The summed E-state index contributed by atoms with van der Waals surface area (Å²) in [7, 11) is 1.33. The molecule has 0 fully saturated rings. The Kier molecular flexibility index (Phi) is 6.37. The molecule has 2 heterocycles. The van der Waals surface area contributed by atoms with Gasteiger partial charge in [0.05, 0.1) is 41.1 Å². The van der Waals surface area contributed by atoms with E-state index in [2.05, 4.69) is 4.99 Å². The van der Waals surface area contributed by atoms with Crippen molar-refractivity contribution >= 4 is 29.4 Å². The average Bonchev–Trinajstić information content (AvgIpc) is 3.13. The van der Waals surface area contributed by atoms with Crippen LogP contribution in [0.2, 0.25) is 0 Å². The number of aromatic nitrogens is 1. The van der Waals surface area contributed by atoms with Crippen LogP contribution in [0.3, 0.4) is 0 Å². The maximum atomic E-state index is 13.5. The molecule has 0 bridgehead atoms. The number of ether oxygens (including phenoxy) is 2. The molecule has 0 aliphatic carbocycles. The maximum absolute atomic E-state index is 13.5. The molecule has 7 nitrogen and oxygen atoms in total. The number of thiazole rings is 1. The van der Waals surface area contributed by atoms with Crippen LogP contribution in [0.25, 0.3) is 6.08 Å². The number of hydrogen-bond acceptors (Lipinski definition) is 7. The van der Waals surface area contributed by atoms with Gasteiger partial charge in [-0.25, -0.2) is 14.6 Å². The van der Waals surface area contributed by atoms with E-state index >= 15 is 0 Å². The Morgan fingerprint density at radius 3 is 2.42 bits per heavy atom. The van der Waals surface area contributed by atoms with Crippen LogP contribution in [0.15, 0.2) is 75.7 Å². The van der Waals surface area contributed by atoms with Crippen LogP contribution in [0, 0.1) is 0 Å². The van der Waals surface area contributed by atoms with E-state index in [0.29, 0.717) is 26.2 Å². The van der Waals surface area contributed by atoms with E-state index < -0.39 is 18.0 Å². The van der Waals surface area contributed by atoms with Gasteiger partial charge < -0.3 is 9.47 Å². The second-order valence-electron chi connectivity index (χ2n) is 7.33. The Balaban J connectivity index is 1.87. The molecule has 1 atom stereocenters. The van der Waals surface area contributed by atoms with E-state index in [4.69, 9.17) is 9.47 Å². The summed E-state index contributed by atoms with van der Waals surface area (Å²) in [6.07, 6.45) is 1.75. The lowest BCUT2D eigenvalue weighted by Crippen LogP contribution is -2.39. The van der Waals surface area contributed by atoms with E-state index in [9.17, 15) is 14.4 Å². The number of methoxy groups -OCH3 is 1. The molecule has 0 saturated carbocycles. The first-order chi connectivity index (χ1) is 15.9. The lowest BCUT2D eigenvalue weighted by atomic mass is 9.96. The van der Waals surface area contributed by atoms with Gasteiger partial charge in [-0.05, 0) is 43.2 Å². The highest BCUT2D eigenvalue weighted by molar-refractivity contribution is 7.07. The number of carbonyl (C=O) groups excluding carboxylic acids is 2. The first-order valence-electron chi connectivity index (χ1n) is 10.4. The second-order valence-corrected chi connectivity index (χ2v) is 8.34. The molecular formula is C25H22N2O5S. The molecule has 168 valence electrons. The standard InChI is InChI=1S/C25H22N2O5S/c1-4-32-24(30)20-15(2)26-25-27(21(20)17-8-6-5-7-9-17)22(28)19(33-25)14-16-10-12-18(13-11-16)23(29)31-3/h5-14,21H,4H2,1-3H3/b19-14-/t21-/m1/s1. The van der Waals surface area contributed by atoms with Crippen LogP contribution < -0.4 is 14.9 Å². The van der Waals surface area contributed by atoms with Crippen LogP contribution in [-0.2, 0) is 14.3 Å². The third-order valence-electron chi connectivity index (χ3n) is 5.26. The van der Waals surface area contributed by atoms with Crippen LogP contribution in [0.5, 0.6) is 0 Å². The summed E-state index contributed by atoms with van der Waals surface area (Å²) in [5, 5.41) is 0. The summed E-state index contributed by atoms with van der Waals surface area (Å²) in [6, 6.07) is 15.5. The normalized spacial score (nSPS) is 15.6. The van der Waals surface area contributed by atoms with Crippen molar-refractivity contribution in [2.45, 2.75) is 19.9 Å². The second kappa shape index (κ2) is 9.38. The molecule has 2 aromatic carbocycles. The summed E-state index contributed by atoms with van der Waals surface area (Å²) < 4.78 is 12.0. The number of hydrogen-bond donors (Lipinski definition) is 0. The van der Waals surface area contributed by atoms with Gasteiger partial charge in [0, 0.05) is 0 Å². The number of rotatable bonds is 5. The Morgan fingerprint density at radius 1 is 1.09 bits per heavy atom. The van der Waals surface area contributed by atoms with E-state index in [1.54, 1.807) is 48.8 Å². The van der Waals surface area contributed by atoms with E-state index in [1.807, 2.05) is 30.3 Å². The number of esters is 2. The molecule has 8 heteroatoms. The van der Waals surface area contributed by atoms with E-state index in [1.165, 1.54) is 18.4 Å². The summed E-state index contributed by atoms with van der Waals surface area (Å²) in [4.78, 5) is 43.0. The smallest absolute Gasteiger partial charge is 0.338 e. The lowest BCUT2D eigenvalue weighted by molar-refractivity contribution is -0.139. The van der Waals surface area contributed by atoms with Crippen LogP contribution in [0.1, 0.15) is 41.4 Å².